The van der Waals surface area contributed by atoms with Crippen LogP contribution in [0.3, 0.4) is 0 Å². The van der Waals surface area contributed by atoms with Crippen LogP contribution in [0.4, 0.5) is 23.4 Å². The Bertz CT molecular complexity index is 2090. The number of fused-ring (bicyclic) bond motifs is 5. The molecule has 266 valence electrons. The number of rotatable bonds is 7. The summed E-state index contributed by atoms with van der Waals surface area (Å²) in [4.78, 5) is 13.7. The fourth-order valence-corrected chi connectivity index (χ4v) is 9.02. The maximum atomic E-state index is 17.3. The van der Waals surface area contributed by atoms with Gasteiger partial charge in [-0.15, -0.1) is 6.42 Å². The van der Waals surface area contributed by atoms with Crippen LogP contribution in [0, 0.1) is 42.3 Å². The van der Waals surface area contributed by atoms with Crippen molar-refractivity contribution in [2.75, 3.05) is 57.4 Å². The summed E-state index contributed by atoms with van der Waals surface area (Å²) in [5, 5.41) is 14.8. The molecule has 12 heteroatoms. The molecule has 8 nitrogen and oxygen atoms in total. The molecule has 1 aromatic heterocycles. The van der Waals surface area contributed by atoms with Crippen molar-refractivity contribution >= 4 is 27.5 Å². The van der Waals surface area contributed by atoms with Gasteiger partial charge in [0.2, 0.25) is 0 Å². The molecule has 3 aromatic carbocycles. The van der Waals surface area contributed by atoms with E-state index in [1.54, 1.807) is 19.1 Å². The molecule has 0 spiro atoms. The van der Waals surface area contributed by atoms with E-state index in [2.05, 4.69) is 21.1 Å². The number of aromatic nitrogens is 2. The third-order valence-electron chi connectivity index (χ3n) is 11.8. The lowest BCUT2D eigenvalue weighted by atomic mass is 9.88. The minimum Gasteiger partial charge on any atom is -0.508 e. The first-order chi connectivity index (χ1) is 24.5. The van der Waals surface area contributed by atoms with Gasteiger partial charge in [-0.25, -0.2) is 4.39 Å². The third-order valence-corrected chi connectivity index (χ3v) is 11.8. The Kier molecular flexibility index (Phi) is 7.65. The number of benzene rings is 3. The molecule has 2 unspecified atom stereocenters. The number of hydrogen-bond donors (Lipinski definition) is 2. The van der Waals surface area contributed by atoms with E-state index < -0.39 is 23.1 Å². The topological polar surface area (TPSA) is 83.0 Å². The van der Waals surface area contributed by atoms with E-state index in [4.69, 9.17) is 20.9 Å². The number of halogens is 4. The van der Waals surface area contributed by atoms with E-state index in [1.807, 2.05) is 4.90 Å². The lowest BCUT2D eigenvalue weighted by Gasteiger charge is -2.34. The monoisotopic (exact) mass is 701 g/mol. The van der Waals surface area contributed by atoms with E-state index in [0.717, 1.165) is 70.7 Å². The Hall–Kier alpha value is -4.18. The molecule has 5 aliphatic rings. The number of hydrogen-bond acceptors (Lipinski definition) is 8. The molecule has 51 heavy (non-hydrogen) atoms. The lowest BCUT2D eigenvalue weighted by molar-refractivity contribution is -0.137. The van der Waals surface area contributed by atoms with Crippen molar-refractivity contribution in [2.45, 2.75) is 50.9 Å². The predicted molar refractivity (Wildman–Crippen MR) is 185 cm³/mol. The number of anilines is 1. The highest BCUT2D eigenvalue weighted by atomic mass is 19.4. The zero-order chi connectivity index (χ0) is 35.2. The number of aromatic hydroxyl groups is 1. The number of phenols is 1. The third kappa shape index (κ3) is 5.74. The Labute approximate surface area is 293 Å². The standard InChI is InChI=1S/C39H39F4N5O3/c1-3-28-21(2)4-5-22-10-27(49)11-29(32(22)28)33-31(39(41,42)43)12-30-35(34(33)40)45-37(46-36(30)48-15-25-6-7-26(16-48)44-25)51-20-38(8-9-38)19-47-13-23-17-50-18-24(23)14-47/h1,4-5,10-12,23-26,44,49H,6-9,13-20H2,2H3/t23-,24+,25?,26?. The second kappa shape index (κ2) is 11.9. The molecule has 1 saturated carbocycles. The summed E-state index contributed by atoms with van der Waals surface area (Å²) in [7, 11) is 0. The Morgan fingerprint density at radius 2 is 1.78 bits per heavy atom. The van der Waals surface area contributed by atoms with Crippen molar-refractivity contribution in [1.29, 1.82) is 0 Å². The fraction of sp³-hybridized carbons (Fsp3) is 0.487. The van der Waals surface area contributed by atoms with Crippen molar-refractivity contribution in [1.82, 2.24) is 20.2 Å². The minimum absolute atomic E-state index is 0.0398. The number of piperazine rings is 1. The number of terminal acetylenes is 1. The fourth-order valence-electron chi connectivity index (χ4n) is 9.02. The molecule has 5 fully saturated rings. The molecule has 1 aliphatic carbocycles. The number of nitrogens with one attached hydrogen (secondary N) is 1. The predicted octanol–water partition coefficient (Wildman–Crippen LogP) is 6.28. The van der Waals surface area contributed by atoms with Crippen molar-refractivity contribution in [3.8, 4) is 35.2 Å². The van der Waals surface area contributed by atoms with E-state index in [-0.39, 0.29) is 56.9 Å². The van der Waals surface area contributed by atoms with E-state index >= 15 is 17.6 Å². The average molecular weight is 702 g/mol. The largest absolute Gasteiger partial charge is 0.508 e. The Balaban J connectivity index is 1.18. The lowest BCUT2D eigenvalue weighted by Crippen LogP contribution is -2.51. The van der Waals surface area contributed by atoms with Crippen molar-refractivity contribution in [3.63, 3.8) is 0 Å². The average Bonchev–Trinajstić information content (AvgIpc) is 3.33. The summed E-state index contributed by atoms with van der Waals surface area (Å²) in [5.74, 6) is 2.44. The second-order valence-electron chi connectivity index (χ2n) is 15.4. The van der Waals surface area contributed by atoms with Gasteiger partial charge in [-0.2, -0.15) is 23.1 Å². The summed E-state index contributed by atoms with van der Waals surface area (Å²) >= 11 is 0. The minimum atomic E-state index is -4.96. The summed E-state index contributed by atoms with van der Waals surface area (Å²) < 4.78 is 74.6. The summed E-state index contributed by atoms with van der Waals surface area (Å²) in [5.41, 5.74) is -1.47. The van der Waals surface area contributed by atoms with E-state index in [1.165, 1.54) is 6.07 Å². The zero-order valence-electron chi connectivity index (χ0n) is 28.3. The molecule has 5 heterocycles. The zero-order valence-corrected chi connectivity index (χ0v) is 28.3. The number of aryl methyl sites for hydroxylation is 1. The molecule has 2 N–H and O–H groups in total. The number of phenolic OH excluding ortho intramolecular Hbond substituents is 1. The van der Waals surface area contributed by atoms with Gasteiger partial charge in [-0.1, -0.05) is 18.1 Å². The van der Waals surface area contributed by atoms with E-state index in [0.29, 0.717) is 48.0 Å². The van der Waals surface area contributed by atoms with Crippen LogP contribution < -0.4 is 15.0 Å². The van der Waals surface area contributed by atoms with Crippen LogP contribution in [-0.2, 0) is 10.9 Å². The number of likely N-dealkylation sites (tertiary alicyclic amines) is 1. The maximum absolute atomic E-state index is 17.3. The molecule has 9 rings (SSSR count). The van der Waals surface area contributed by atoms with Crippen molar-refractivity contribution in [3.05, 3.63) is 52.8 Å². The highest BCUT2D eigenvalue weighted by molar-refractivity contribution is 6.05. The molecule has 4 atom stereocenters. The Morgan fingerprint density at radius 1 is 1.06 bits per heavy atom. The highest BCUT2D eigenvalue weighted by Gasteiger charge is 2.48. The highest BCUT2D eigenvalue weighted by Crippen LogP contribution is 2.49. The second-order valence-corrected chi connectivity index (χ2v) is 15.4. The smallest absolute Gasteiger partial charge is 0.417 e. The van der Waals surface area contributed by atoms with E-state index in [9.17, 15) is 5.11 Å². The summed E-state index contributed by atoms with van der Waals surface area (Å²) in [6.45, 7) is 7.56. The first-order valence-electron chi connectivity index (χ1n) is 17.8. The SMILES string of the molecule is C#Cc1c(C)ccc2cc(O)cc(-c3c(C(F)(F)F)cc4c(N5CC6CCC(C5)N6)nc(OCC5(CN6C[C@H]7COC[C@H]7C6)CC5)nc4c3F)c12. The molecule has 0 amide bonds. The van der Waals surface area contributed by atoms with Crippen molar-refractivity contribution in [2.24, 2.45) is 17.3 Å². The molecular weight excluding hydrogens is 662 g/mol. The quantitative estimate of drug-likeness (QED) is 0.172. The van der Waals surface area contributed by atoms with Gasteiger partial charge in [-0.05, 0) is 67.3 Å². The summed E-state index contributed by atoms with van der Waals surface area (Å²) in [6.07, 6.45) is 4.74. The normalized spacial score (nSPS) is 25.5. The van der Waals surface area contributed by atoms with Crippen LogP contribution in [0.25, 0.3) is 32.8 Å². The van der Waals surface area contributed by atoms with Gasteiger partial charge in [0, 0.05) is 84.0 Å². The number of alkyl halides is 3. The molecular formula is C39H39F4N5O3. The van der Waals surface area contributed by atoms with Crippen LogP contribution in [-0.4, -0.2) is 84.6 Å². The van der Waals surface area contributed by atoms with Gasteiger partial charge >= 0.3 is 12.2 Å². The number of nitrogens with zero attached hydrogens (tertiary/aromatic N) is 4. The molecule has 4 aliphatic heterocycles. The van der Waals surface area contributed by atoms with Crippen LogP contribution in [0.1, 0.15) is 42.4 Å². The molecule has 2 bridgehead atoms. The van der Waals surface area contributed by atoms with Gasteiger partial charge in [-0.3, -0.25) is 0 Å². The van der Waals surface area contributed by atoms with Gasteiger partial charge in [0.1, 0.15) is 17.1 Å². The van der Waals surface area contributed by atoms with Crippen LogP contribution in [0.5, 0.6) is 11.8 Å². The molecule has 4 saturated heterocycles. The summed E-state index contributed by atoms with van der Waals surface area (Å²) in [6, 6.07) is 7.12. The first kappa shape index (κ1) is 32.7. The van der Waals surface area contributed by atoms with Gasteiger partial charge in [0.05, 0.1) is 25.4 Å². The Morgan fingerprint density at radius 3 is 2.45 bits per heavy atom. The van der Waals surface area contributed by atoms with Crippen LogP contribution in [0.2, 0.25) is 0 Å². The molecule has 0 radical (unpaired) electrons. The first-order valence-corrected chi connectivity index (χ1v) is 17.8. The molecule has 4 aromatic rings. The van der Waals surface area contributed by atoms with Crippen molar-refractivity contribution < 1.29 is 32.1 Å². The van der Waals surface area contributed by atoms with Gasteiger partial charge in [0.25, 0.3) is 0 Å². The maximum Gasteiger partial charge on any atom is 0.417 e. The van der Waals surface area contributed by atoms with Gasteiger partial charge in [0.15, 0.2) is 5.82 Å². The van der Waals surface area contributed by atoms with Crippen LogP contribution >= 0.6 is 0 Å². The number of ether oxygens (including phenoxy) is 2. The van der Waals surface area contributed by atoms with Crippen LogP contribution in [0.15, 0.2) is 30.3 Å². The van der Waals surface area contributed by atoms with Gasteiger partial charge < -0.3 is 29.7 Å².